The third-order valence-corrected chi connectivity index (χ3v) is 3.69. The quantitative estimate of drug-likeness (QED) is 0.591. The van der Waals surface area contributed by atoms with Crippen molar-refractivity contribution in [3.63, 3.8) is 0 Å². The highest BCUT2D eigenvalue weighted by molar-refractivity contribution is 6.21. The number of hydrogen-bond acceptors (Lipinski definition) is 2. The van der Waals surface area contributed by atoms with Crippen LogP contribution in [0.4, 0.5) is 5.69 Å². The minimum absolute atomic E-state index is 0.0933. The van der Waals surface area contributed by atoms with Crippen molar-refractivity contribution in [1.29, 1.82) is 0 Å². The second-order valence-corrected chi connectivity index (χ2v) is 4.89. The van der Waals surface area contributed by atoms with E-state index in [2.05, 4.69) is 6.58 Å². The van der Waals surface area contributed by atoms with Crippen molar-refractivity contribution in [3.05, 3.63) is 42.0 Å². The van der Waals surface area contributed by atoms with Gasteiger partial charge in [-0.3, -0.25) is 9.59 Å². The second-order valence-electron chi connectivity index (χ2n) is 4.89. The van der Waals surface area contributed by atoms with Crippen LogP contribution in [-0.2, 0) is 4.79 Å². The number of nitrogens with zero attached hydrogens (tertiary/aromatic N) is 1. The number of amides is 1. The first-order valence-electron chi connectivity index (χ1n) is 6.01. The maximum absolute atomic E-state index is 12.4. The van der Waals surface area contributed by atoms with Crippen molar-refractivity contribution in [2.45, 2.75) is 13.8 Å². The summed E-state index contributed by atoms with van der Waals surface area (Å²) in [7, 11) is 1.71. The number of carbonyl (C=O) groups is 2. The van der Waals surface area contributed by atoms with Gasteiger partial charge in [-0.15, -0.1) is 0 Å². The van der Waals surface area contributed by atoms with Gasteiger partial charge < -0.3 is 4.90 Å². The topological polar surface area (TPSA) is 37.4 Å². The fraction of sp³-hybridized carbons (Fsp3) is 0.333. The van der Waals surface area contributed by atoms with E-state index in [0.717, 1.165) is 5.57 Å². The number of allylic oxidation sites excluding steroid dienone is 1. The van der Waals surface area contributed by atoms with Crippen LogP contribution in [0.3, 0.4) is 0 Å². The summed E-state index contributed by atoms with van der Waals surface area (Å²) in [6.07, 6.45) is 0. The van der Waals surface area contributed by atoms with Crippen LogP contribution in [-0.4, -0.2) is 18.7 Å². The first-order chi connectivity index (χ1) is 8.45. The van der Waals surface area contributed by atoms with Crippen LogP contribution < -0.4 is 4.90 Å². The molecule has 2 rings (SSSR count). The molecule has 0 radical (unpaired) electrons. The van der Waals surface area contributed by atoms with Gasteiger partial charge in [0.05, 0.1) is 5.69 Å². The zero-order chi connectivity index (χ0) is 13.4. The van der Waals surface area contributed by atoms with E-state index in [4.69, 9.17) is 0 Å². The van der Waals surface area contributed by atoms with E-state index < -0.39 is 5.92 Å². The van der Waals surface area contributed by atoms with Crippen LogP contribution in [0.1, 0.15) is 24.2 Å². The number of carbonyl (C=O) groups excluding carboxylic acids is 2. The molecular weight excluding hydrogens is 226 g/mol. The molecule has 1 aliphatic rings. The van der Waals surface area contributed by atoms with E-state index in [0.29, 0.717) is 11.3 Å². The van der Waals surface area contributed by atoms with Gasteiger partial charge in [0.25, 0.3) is 0 Å². The van der Waals surface area contributed by atoms with Crippen molar-refractivity contribution in [2.75, 3.05) is 11.9 Å². The summed E-state index contributed by atoms with van der Waals surface area (Å²) in [6, 6.07) is 7.23. The Morgan fingerprint density at radius 2 is 1.94 bits per heavy atom. The predicted octanol–water partition coefficient (Wildman–Crippen LogP) is 2.67. The monoisotopic (exact) mass is 243 g/mol. The van der Waals surface area contributed by atoms with Gasteiger partial charge in [0.15, 0.2) is 5.78 Å². The molecule has 1 aliphatic heterocycles. The molecule has 1 aromatic carbocycles. The molecule has 0 saturated carbocycles. The highest BCUT2D eigenvalue weighted by atomic mass is 16.2. The highest BCUT2D eigenvalue weighted by Crippen LogP contribution is 2.34. The van der Waals surface area contributed by atoms with Gasteiger partial charge >= 0.3 is 0 Å². The lowest BCUT2D eigenvalue weighted by atomic mass is 9.79. The Bertz CT molecular complexity index is 533. The molecule has 1 amide bonds. The summed E-state index contributed by atoms with van der Waals surface area (Å²) < 4.78 is 0. The largest absolute Gasteiger partial charge is 0.314 e. The van der Waals surface area contributed by atoms with Crippen LogP contribution in [0.5, 0.6) is 0 Å². The second kappa shape index (κ2) is 4.41. The van der Waals surface area contributed by atoms with Crippen LogP contribution in [0.15, 0.2) is 36.4 Å². The van der Waals surface area contributed by atoms with Crippen molar-refractivity contribution in [3.8, 4) is 0 Å². The smallest absolute Gasteiger partial charge is 0.238 e. The van der Waals surface area contributed by atoms with Crippen molar-refractivity contribution in [1.82, 2.24) is 0 Å². The summed E-state index contributed by atoms with van der Waals surface area (Å²) in [5, 5.41) is 0. The van der Waals surface area contributed by atoms with E-state index in [1.807, 2.05) is 26.0 Å². The molecule has 3 nitrogen and oxygen atoms in total. The van der Waals surface area contributed by atoms with Gasteiger partial charge in [0.2, 0.25) is 5.91 Å². The molecule has 2 atom stereocenters. The van der Waals surface area contributed by atoms with Gasteiger partial charge in [-0.2, -0.15) is 0 Å². The average molecular weight is 243 g/mol. The summed E-state index contributed by atoms with van der Waals surface area (Å²) in [5.74, 6) is -1.01. The zero-order valence-electron chi connectivity index (χ0n) is 10.9. The van der Waals surface area contributed by atoms with Gasteiger partial charge in [-0.25, -0.2) is 0 Å². The van der Waals surface area contributed by atoms with Crippen LogP contribution >= 0.6 is 0 Å². The Hall–Kier alpha value is -1.90. The third kappa shape index (κ3) is 1.76. The highest BCUT2D eigenvalue weighted by Gasteiger charge is 2.40. The molecule has 1 aromatic rings. The van der Waals surface area contributed by atoms with Gasteiger partial charge in [-0.05, 0) is 25.0 Å². The lowest BCUT2D eigenvalue weighted by Crippen LogP contribution is -2.45. The van der Waals surface area contributed by atoms with E-state index >= 15 is 0 Å². The number of benzene rings is 1. The molecule has 2 unspecified atom stereocenters. The molecule has 3 heteroatoms. The summed E-state index contributed by atoms with van der Waals surface area (Å²) >= 11 is 0. The standard InChI is InChI=1S/C15H17NO2/c1-9(2)10(3)13-14(17)11-7-5-6-8-12(11)16(4)15(13)18/h5-8,10,13H,1H2,2-4H3. The maximum Gasteiger partial charge on any atom is 0.238 e. The van der Waals surface area contributed by atoms with E-state index in [1.165, 1.54) is 0 Å². The molecular formula is C15H17NO2. The number of anilines is 1. The Kier molecular flexibility index (Phi) is 3.07. The molecule has 0 aliphatic carbocycles. The number of para-hydroxylation sites is 1. The Morgan fingerprint density at radius 3 is 2.56 bits per heavy atom. The summed E-state index contributed by atoms with van der Waals surface area (Å²) in [4.78, 5) is 26.3. The number of Topliss-reactive ketones (excluding diaryl/α,β-unsaturated/α-hetero) is 1. The minimum Gasteiger partial charge on any atom is -0.314 e. The Balaban J connectivity index is 2.52. The minimum atomic E-state index is -0.637. The number of fused-ring (bicyclic) bond motifs is 1. The van der Waals surface area contributed by atoms with E-state index in [-0.39, 0.29) is 17.6 Å². The molecule has 0 aromatic heterocycles. The van der Waals surface area contributed by atoms with Gasteiger partial charge in [0, 0.05) is 12.6 Å². The number of hydrogen-bond donors (Lipinski definition) is 0. The fourth-order valence-electron chi connectivity index (χ4n) is 2.31. The van der Waals surface area contributed by atoms with Crippen molar-refractivity contribution in [2.24, 2.45) is 11.8 Å². The van der Waals surface area contributed by atoms with Crippen LogP contribution in [0.25, 0.3) is 0 Å². The Labute approximate surface area is 107 Å². The van der Waals surface area contributed by atoms with Gasteiger partial charge in [0.1, 0.15) is 5.92 Å². The fourth-order valence-corrected chi connectivity index (χ4v) is 2.31. The normalized spacial score (nSPS) is 20.6. The summed E-state index contributed by atoms with van der Waals surface area (Å²) in [5.41, 5.74) is 2.17. The van der Waals surface area contributed by atoms with Crippen molar-refractivity contribution < 1.29 is 9.59 Å². The molecule has 0 saturated heterocycles. The number of ketones is 1. The lowest BCUT2D eigenvalue weighted by molar-refractivity contribution is -0.121. The molecule has 94 valence electrons. The van der Waals surface area contributed by atoms with Crippen molar-refractivity contribution >= 4 is 17.4 Å². The lowest BCUT2D eigenvalue weighted by Gasteiger charge is -2.33. The third-order valence-electron chi connectivity index (χ3n) is 3.69. The first kappa shape index (κ1) is 12.6. The molecule has 0 bridgehead atoms. The SMILES string of the molecule is C=C(C)C(C)C1C(=O)c2ccccc2N(C)C1=O. The van der Waals surface area contributed by atoms with E-state index in [9.17, 15) is 9.59 Å². The van der Waals surface area contributed by atoms with Gasteiger partial charge in [-0.1, -0.05) is 31.2 Å². The first-order valence-corrected chi connectivity index (χ1v) is 6.01. The zero-order valence-corrected chi connectivity index (χ0v) is 10.9. The molecule has 0 fully saturated rings. The average Bonchev–Trinajstić information content (AvgIpc) is 2.36. The molecule has 1 heterocycles. The molecule has 0 spiro atoms. The molecule has 0 N–H and O–H groups in total. The van der Waals surface area contributed by atoms with Crippen LogP contribution in [0.2, 0.25) is 0 Å². The molecule has 18 heavy (non-hydrogen) atoms. The maximum atomic E-state index is 12.4. The Morgan fingerprint density at radius 1 is 1.33 bits per heavy atom. The van der Waals surface area contributed by atoms with E-state index in [1.54, 1.807) is 24.1 Å². The predicted molar refractivity (Wildman–Crippen MR) is 71.7 cm³/mol. The number of rotatable bonds is 2. The van der Waals surface area contributed by atoms with Crippen LogP contribution in [0, 0.1) is 11.8 Å². The summed E-state index contributed by atoms with van der Waals surface area (Å²) in [6.45, 7) is 7.59.